The van der Waals surface area contributed by atoms with Crippen LogP contribution >= 0.6 is 0 Å². The molecule has 0 radical (unpaired) electrons. The number of fused-ring (bicyclic) bond motifs is 4. The second-order valence-electron chi connectivity index (χ2n) is 8.94. The number of rotatable bonds is 3. The maximum atomic E-state index is 13.2. The lowest BCUT2D eigenvalue weighted by atomic mass is 10.0. The van der Waals surface area contributed by atoms with E-state index in [-0.39, 0.29) is 29.8 Å². The summed E-state index contributed by atoms with van der Waals surface area (Å²) in [6, 6.07) is 15.6. The molecule has 0 saturated carbocycles. The van der Waals surface area contributed by atoms with Crippen LogP contribution in [0.1, 0.15) is 60.6 Å². The maximum absolute atomic E-state index is 13.2. The van der Waals surface area contributed by atoms with Gasteiger partial charge in [-0.3, -0.25) is 14.9 Å². The summed E-state index contributed by atoms with van der Waals surface area (Å²) >= 11 is 0. The predicted molar refractivity (Wildman–Crippen MR) is 126 cm³/mol. The Morgan fingerprint density at radius 2 is 1.91 bits per heavy atom. The van der Waals surface area contributed by atoms with E-state index in [1.807, 2.05) is 47.0 Å². The van der Waals surface area contributed by atoms with Crippen molar-refractivity contribution in [3.05, 3.63) is 59.8 Å². The van der Waals surface area contributed by atoms with Crippen LogP contribution in [-0.4, -0.2) is 32.5 Å². The number of para-hydroxylation sites is 2. The molecule has 32 heavy (non-hydrogen) atoms. The van der Waals surface area contributed by atoms with Gasteiger partial charge in [-0.15, -0.1) is 0 Å². The SMILES string of the molecule is CC(C)n1c(NC(=O)c2ccc3cc4n(c3c2)[C@H](C)[C@H](C)CNC4=O)nc2ccccc21. The van der Waals surface area contributed by atoms with Crippen LogP contribution in [0.2, 0.25) is 0 Å². The van der Waals surface area contributed by atoms with Gasteiger partial charge in [0.15, 0.2) is 0 Å². The van der Waals surface area contributed by atoms with Crippen LogP contribution in [-0.2, 0) is 0 Å². The molecule has 4 aromatic rings. The van der Waals surface area contributed by atoms with E-state index in [9.17, 15) is 9.59 Å². The molecule has 5 rings (SSSR count). The fourth-order valence-electron chi connectivity index (χ4n) is 4.57. The highest BCUT2D eigenvalue weighted by Crippen LogP contribution is 2.31. The van der Waals surface area contributed by atoms with E-state index in [0.717, 1.165) is 21.9 Å². The molecular formula is C25H27N5O2. The monoisotopic (exact) mass is 429 g/mol. The Morgan fingerprint density at radius 1 is 1.12 bits per heavy atom. The van der Waals surface area contributed by atoms with Crippen molar-refractivity contribution in [1.29, 1.82) is 0 Å². The lowest BCUT2D eigenvalue weighted by Gasteiger charge is -2.20. The Labute approximate surface area is 186 Å². The van der Waals surface area contributed by atoms with Crippen LogP contribution in [0, 0.1) is 5.92 Å². The second-order valence-corrected chi connectivity index (χ2v) is 8.94. The molecule has 7 heteroatoms. The summed E-state index contributed by atoms with van der Waals surface area (Å²) in [4.78, 5) is 30.5. The Balaban J connectivity index is 1.56. The minimum Gasteiger partial charge on any atom is -0.350 e. The molecule has 164 valence electrons. The van der Waals surface area contributed by atoms with Gasteiger partial charge in [0.25, 0.3) is 11.8 Å². The average Bonchev–Trinajstić information content (AvgIpc) is 3.31. The largest absolute Gasteiger partial charge is 0.350 e. The molecule has 0 saturated heterocycles. The second kappa shape index (κ2) is 7.51. The van der Waals surface area contributed by atoms with Crippen molar-refractivity contribution in [2.45, 2.75) is 39.8 Å². The summed E-state index contributed by atoms with van der Waals surface area (Å²) in [7, 11) is 0. The molecule has 1 aliphatic rings. The molecule has 0 unspecified atom stereocenters. The number of nitrogens with zero attached hydrogens (tertiary/aromatic N) is 3. The molecule has 3 heterocycles. The lowest BCUT2D eigenvalue weighted by Crippen LogP contribution is -2.26. The number of nitrogens with one attached hydrogen (secondary N) is 2. The molecule has 0 fully saturated rings. The molecule has 0 bridgehead atoms. The molecule has 1 aliphatic heterocycles. The summed E-state index contributed by atoms with van der Waals surface area (Å²) in [5.74, 6) is 0.508. The number of anilines is 1. The van der Waals surface area contributed by atoms with Crippen molar-refractivity contribution in [3.8, 4) is 0 Å². The first-order chi connectivity index (χ1) is 15.3. The Morgan fingerprint density at radius 3 is 2.69 bits per heavy atom. The van der Waals surface area contributed by atoms with Gasteiger partial charge in [0, 0.05) is 35.1 Å². The lowest BCUT2D eigenvalue weighted by molar-refractivity contribution is 0.0948. The smallest absolute Gasteiger partial charge is 0.267 e. The van der Waals surface area contributed by atoms with E-state index in [0.29, 0.717) is 23.8 Å². The van der Waals surface area contributed by atoms with Crippen LogP contribution in [0.4, 0.5) is 5.95 Å². The minimum absolute atomic E-state index is 0.0750. The normalized spacial score (nSPS) is 18.6. The number of benzene rings is 2. The first kappa shape index (κ1) is 20.3. The van der Waals surface area contributed by atoms with Gasteiger partial charge >= 0.3 is 0 Å². The molecule has 2 amide bonds. The van der Waals surface area contributed by atoms with Crippen molar-refractivity contribution in [1.82, 2.24) is 19.4 Å². The van der Waals surface area contributed by atoms with Crippen molar-refractivity contribution in [2.24, 2.45) is 5.92 Å². The zero-order chi connectivity index (χ0) is 22.6. The summed E-state index contributed by atoms with van der Waals surface area (Å²) < 4.78 is 4.09. The Bertz CT molecular complexity index is 1360. The topological polar surface area (TPSA) is 81.0 Å². The third kappa shape index (κ3) is 3.16. The van der Waals surface area contributed by atoms with Crippen LogP contribution in [0.3, 0.4) is 0 Å². The van der Waals surface area contributed by atoms with Gasteiger partial charge in [-0.05, 0) is 57.0 Å². The summed E-state index contributed by atoms with van der Waals surface area (Å²) in [5, 5.41) is 6.94. The minimum atomic E-state index is -0.224. The predicted octanol–water partition coefficient (Wildman–Crippen LogP) is 4.76. The highest BCUT2D eigenvalue weighted by Gasteiger charge is 2.27. The first-order valence-corrected chi connectivity index (χ1v) is 11.1. The van der Waals surface area contributed by atoms with Crippen LogP contribution in [0.15, 0.2) is 48.5 Å². The van der Waals surface area contributed by atoms with Crippen molar-refractivity contribution >= 4 is 39.7 Å². The number of hydrogen-bond donors (Lipinski definition) is 2. The highest BCUT2D eigenvalue weighted by molar-refractivity contribution is 6.07. The van der Waals surface area contributed by atoms with Crippen LogP contribution < -0.4 is 10.6 Å². The van der Waals surface area contributed by atoms with Gasteiger partial charge in [-0.25, -0.2) is 4.98 Å². The van der Waals surface area contributed by atoms with Gasteiger partial charge in [0.05, 0.1) is 11.0 Å². The molecule has 0 aliphatic carbocycles. The Hall–Kier alpha value is -3.61. The van der Waals surface area contributed by atoms with E-state index >= 15 is 0 Å². The number of carbonyl (C=O) groups is 2. The van der Waals surface area contributed by atoms with Gasteiger partial charge < -0.3 is 14.5 Å². The quantitative estimate of drug-likeness (QED) is 0.492. The van der Waals surface area contributed by atoms with Gasteiger partial charge in [0.2, 0.25) is 5.95 Å². The number of imidazole rings is 1. The molecular weight excluding hydrogens is 402 g/mol. The Kier molecular flexibility index (Phi) is 4.77. The maximum Gasteiger partial charge on any atom is 0.267 e. The molecule has 2 N–H and O–H groups in total. The first-order valence-electron chi connectivity index (χ1n) is 11.1. The van der Waals surface area contributed by atoms with E-state index in [1.165, 1.54) is 0 Å². The van der Waals surface area contributed by atoms with Gasteiger partial charge in [0.1, 0.15) is 5.69 Å². The van der Waals surface area contributed by atoms with E-state index in [2.05, 4.69) is 47.9 Å². The molecule has 2 aromatic heterocycles. The van der Waals surface area contributed by atoms with E-state index in [4.69, 9.17) is 0 Å². The fraction of sp³-hybridized carbons (Fsp3) is 0.320. The van der Waals surface area contributed by atoms with Crippen molar-refractivity contribution in [2.75, 3.05) is 11.9 Å². The number of amides is 2. The summed E-state index contributed by atoms with van der Waals surface area (Å²) in [6.07, 6.45) is 0. The van der Waals surface area contributed by atoms with Crippen molar-refractivity contribution < 1.29 is 9.59 Å². The molecule has 0 spiro atoms. The molecule has 7 nitrogen and oxygen atoms in total. The van der Waals surface area contributed by atoms with E-state index in [1.54, 1.807) is 6.07 Å². The highest BCUT2D eigenvalue weighted by atomic mass is 16.2. The standard InChI is InChI=1S/C25H27N5O2/c1-14(2)29-20-8-6-5-7-19(20)27-25(29)28-23(31)18-10-9-17-11-22-24(32)26-13-15(3)16(4)30(22)21(17)12-18/h5-12,14-16H,13H2,1-4H3,(H,26,32)(H,27,28,31)/t15-,16-/m1/s1. The third-order valence-electron chi connectivity index (χ3n) is 6.49. The zero-order valence-electron chi connectivity index (χ0n) is 18.7. The van der Waals surface area contributed by atoms with Crippen molar-refractivity contribution in [3.63, 3.8) is 0 Å². The molecule has 2 aromatic carbocycles. The van der Waals surface area contributed by atoms with Gasteiger partial charge in [-0.2, -0.15) is 0 Å². The third-order valence-corrected chi connectivity index (χ3v) is 6.49. The van der Waals surface area contributed by atoms with Crippen LogP contribution in [0.5, 0.6) is 0 Å². The summed E-state index contributed by atoms with van der Waals surface area (Å²) in [6.45, 7) is 9.01. The average molecular weight is 430 g/mol. The number of aromatic nitrogens is 3. The number of hydrogen-bond acceptors (Lipinski definition) is 3. The van der Waals surface area contributed by atoms with Crippen LogP contribution in [0.25, 0.3) is 21.9 Å². The zero-order valence-corrected chi connectivity index (χ0v) is 18.7. The van der Waals surface area contributed by atoms with Gasteiger partial charge in [-0.1, -0.05) is 25.1 Å². The van der Waals surface area contributed by atoms with E-state index < -0.39 is 0 Å². The fourth-order valence-corrected chi connectivity index (χ4v) is 4.57. The number of carbonyl (C=O) groups excluding carboxylic acids is 2. The summed E-state index contributed by atoms with van der Waals surface area (Å²) in [5.41, 5.74) is 3.89. The molecule has 2 atom stereocenters.